The van der Waals surface area contributed by atoms with Crippen LogP contribution in [-0.4, -0.2) is 62.3 Å². The zero-order valence-electron chi connectivity index (χ0n) is 11.0. The van der Waals surface area contributed by atoms with Crippen LogP contribution in [0.25, 0.3) is 0 Å². The molecule has 0 aromatic heterocycles. The Morgan fingerprint density at radius 3 is 2.75 bits per heavy atom. The summed E-state index contributed by atoms with van der Waals surface area (Å²) in [5, 5.41) is 4.23. The van der Waals surface area contributed by atoms with Crippen molar-refractivity contribution in [2.75, 3.05) is 46.2 Å². The van der Waals surface area contributed by atoms with E-state index in [0.717, 1.165) is 37.4 Å². The van der Waals surface area contributed by atoms with Crippen molar-refractivity contribution in [3.8, 4) is 0 Å². The molecule has 0 aromatic rings. The number of hydrogen-bond acceptors (Lipinski definition) is 4. The average molecular weight is 246 g/mol. The smallest absolute Gasteiger partial charge is 0.0589 e. The van der Waals surface area contributed by atoms with Crippen LogP contribution >= 0.6 is 11.8 Å². The van der Waals surface area contributed by atoms with E-state index >= 15 is 0 Å². The minimum Gasteiger partial charge on any atom is -0.383 e. The standard InChI is InChI=1S/C12H26N2OS/c1-10(2)9-14(5-6-15-3)11-7-13-8-12(11)16-4/h10-13H,5-9H2,1-4H3. The predicted molar refractivity (Wildman–Crippen MR) is 72.2 cm³/mol. The number of rotatable bonds is 7. The zero-order chi connectivity index (χ0) is 12.0. The van der Waals surface area contributed by atoms with Crippen molar-refractivity contribution in [3.05, 3.63) is 0 Å². The molecule has 4 heteroatoms. The minimum atomic E-state index is 0.674. The molecule has 1 aliphatic rings. The van der Waals surface area contributed by atoms with E-state index in [1.807, 2.05) is 11.8 Å². The fourth-order valence-electron chi connectivity index (χ4n) is 2.32. The second-order valence-electron chi connectivity index (χ2n) is 4.88. The van der Waals surface area contributed by atoms with Gasteiger partial charge in [-0.15, -0.1) is 0 Å². The molecule has 1 N–H and O–H groups in total. The lowest BCUT2D eigenvalue weighted by Crippen LogP contribution is -2.45. The van der Waals surface area contributed by atoms with Crippen LogP contribution in [0.5, 0.6) is 0 Å². The van der Waals surface area contributed by atoms with Crippen LogP contribution in [0.15, 0.2) is 0 Å². The van der Waals surface area contributed by atoms with Crippen molar-refractivity contribution < 1.29 is 4.74 Å². The zero-order valence-corrected chi connectivity index (χ0v) is 11.8. The summed E-state index contributed by atoms with van der Waals surface area (Å²) in [6.07, 6.45) is 2.22. The lowest BCUT2D eigenvalue weighted by atomic mass is 10.1. The van der Waals surface area contributed by atoms with E-state index in [1.165, 1.54) is 6.54 Å². The Morgan fingerprint density at radius 1 is 1.44 bits per heavy atom. The van der Waals surface area contributed by atoms with Crippen molar-refractivity contribution in [2.45, 2.75) is 25.1 Å². The van der Waals surface area contributed by atoms with E-state index in [2.05, 4.69) is 30.3 Å². The molecule has 0 radical (unpaired) electrons. The molecule has 0 aromatic carbocycles. The van der Waals surface area contributed by atoms with Gasteiger partial charge in [-0.3, -0.25) is 4.90 Å². The van der Waals surface area contributed by atoms with Crippen LogP contribution in [0.1, 0.15) is 13.8 Å². The number of hydrogen-bond donors (Lipinski definition) is 1. The Labute approximate surface area is 104 Å². The van der Waals surface area contributed by atoms with Gasteiger partial charge in [-0.25, -0.2) is 0 Å². The summed E-state index contributed by atoms with van der Waals surface area (Å²) in [5.41, 5.74) is 0. The molecule has 0 amide bonds. The van der Waals surface area contributed by atoms with Gasteiger partial charge in [-0.2, -0.15) is 11.8 Å². The second kappa shape index (κ2) is 7.54. The van der Waals surface area contributed by atoms with E-state index in [1.54, 1.807) is 7.11 Å². The van der Waals surface area contributed by atoms with Gasteiger partial charge in [0.05, 0.1) is 6.61 Å². The van der Waals surface area contributed by atoms with E-state index < -0.39 is 0 Å². The molecule has 1 heterocycles. The SMILES string of the molecule is COCCN(CC(C)C)C1CNCC1SC. The van der Waals surface area contributed by atoms with Crippen molar-refractivity contribution >= 4 is 11.8 Å². The van der Waals surface area contributed by atoms with Crippen LogP contribution in [0, 0.1) is 5.92 Å². The summed E-state index contributed by atoms with van der Waals surface area (Å²) < 4.78 is 5.21. The highest BCUT2D eigenvalue weighted by molar-refractivity contribution is 7.99. The van der Waals surface area contributed by atoms with E-state index in [0.29, 0.717) is 6.04 Å². The quantitative estimate of drug-likeness (QED) is 0.732. The molecule has 3 nitrogen and oxygen atoms in total. The highest BCUT2D eigenvalue weighted by Crippen LogP contribution is 2.20. The molecule has 1 fully saturated rings. The number of nitrogens with one attached hydrogen (secondary N) is 1. The summed E-state index contributed by atoms with van der Waals surface area (Å²) >= 11 is 1.98. The van der Waals surface area contributed by atoms with Gasteiger partial charge in [0, 0.05) is 44.6 Å². The first kappa shape index (κ1) is 14.3. The van der Waals surface area contributed by atoms with Crippen molar-refractivity contribution in [1.82, 2.24) is 10.2 Å². The van der Waals surface area contributed by atoms with Crippen molar-refractivity contribution in [1.29, 1.82) is 0 Å². The van der Waals surface area contributed by atoms with Crippen LogP contribution in [-0.2, 0) is 4.74 Å². The number of ether oxygens (including phenoxy) is 1. The maximum Gasteiger partial charge on any atom is 0.0589 e. The second-order valence-corrected chi connectivity index (χ2v) is 5.96. The maximum atomic E-state index is 5.21. The molecule has 2 unspecified atom stereocenters. The highest BCUT2D eigenvalue weighted by Gasteiger charge is 2.31. The average Bonchev–Trinajstić information content (AvgIpc) is 2.71. The van der Waals surface area contributed by atoms with Crippen molar-refractivity contribution in [3.63, 3.8) is 0 Å². The summed E-state index contributed by atoms with van der Waals surface area (Å²) in [7, 11) is 1.78. The lowest BCUT2D eigenvalue weighted by Gasteiger charge is -2.32. The van der Waals surface area contributed by atoms with E-state index in [-0.39, 0.29) is 0 Å². The Morgan fingerprint density at radius 2 is 2.19 bits per heavy atom. The lowest BCUT2D eigenvalue weighted by molar-refractivity contribution is 0.117. The molecular formula is C12H26N2OS. The Kier molecular flexibility index (Phi) is 6.73. The highest BCUT2D eigenvalue weighted by atomic mass is 32.2. The molecule has 16 heavy (non-hydrogen) atoms. The van der Waals surface area contributed by atoms with Gasteiger partial charge in [-0.05, 0) is 12.2 Å². The molecule has 96 valence electrons. The van der Waals surface area contributed by atoms with Gasteiger partial charge in [0.2, 0.25) is 0 Å². The van der Waals surface area contributed by atoms with Gasteiger partial charge >= 0.3 is 0 Å². The third-order valence-corrected chi connectivity index (χ3v) is 4.17. The van der Waals surface area contributed by atoms with Crippen LogP contribution in [0.2, 0.25) is 0 Å². The van der Waals surface area contributed by atoms with E-state index in [9.17, 15) is 0 Å². The molecular weight excluding hydrogens is 220 g/mol. The topological polar surface area (TPSA) is 24.5 Å². The first-order chi connectivity index (χ1) is 7.69. The monoisotopic (exact) mass is 246 g/mol. The minimum absolute atomic E-state index is 0.674. The van der Waals surface area contributed by atoms with Gasteiger partial charge in [0.25, 0.3) is 0 Å². The van der Waals surface area contributed by atoms with Crippen LogP contribution < -0.4 is 5.32 Å². The molecule has 2 atom stereocenters. The van der Waals surface area contributed by atoms with E-state index in [4.69, 9.17) is 4.74 Å². The maximum absolute atomic E-state index is 5.21. The van der Waals surface area contributed by atoms with Gasteiger partial charge in [0.15, 0.2) is 0 Å². The molecule has 1 aliphatic heterocycles. The first-order valence-electron chi connectivity index (χ1n) is 6.15. The summed E-state index contributed by atoms with van der Waals surface area (Å²) in [6, 6.07) is 0.674. The molecule has 1 saturated heterocycles. The number of nitrogens with zero attached hydrogens (tertiary/aromatic N) is 1. The third-order valence-electron chi connectivity index (χ3n) is 3.08. The van der Waals surface area contributed by atoms with Gasteiger partial charge < -0.3 is 10.1 Å². The third kappa shape index (κ3) is 4.24. The summed E-state index contributed by atoms with van der Waals surface area (Å²) in [4.78, 5) is 2.59. The number of thioether (sulfide) groups is 1. The largest absolute Gasteiger partial charge is 0.383 e. The fraction of sp³-hybridized carbons (Fsp3) is 1.00. The molecule has 0 saturated carbocycles. The fourth-order valence-corrected chi connectivity index (χ4v) is 3.18. The molecule has 0 bridgehead atoms. The first-order valence-corrected chi connectivity index (χ1v) is 7.44. The predicted octanol–water partition coefficient (Wildman–Crippen LogP) is 1.29. The Balaban J connectivity index is 2.51. The summed E-state index contributed by atoms with van der Waals surface area (Å²) in [6.45, 7) is 9.91. The Hall–Kier alpha value is 0.230. The number of methoxy groups -OCH3 is 1. The van der Waals surface area contributed by atoms with Crippen molar-refractivity contribution in [2.24, 2.45) is 5.92 Å². The summed E-state index contributed by atoms with van der Waals surface area (Å²) in [5.74, 6) is 0.722. The van der Waals surface area contributed by atoms with Crippen LogP contribution in [0.3, 0.4) is 0 Å². The van der Waals surface area contributed by atoms with Gasteiger partial charge in [0.1, 0.15) is 0 Å². The molecule has 1 rings (SSSR count). The molecule has 0 spiro atoms. The normalized spacial score (nSPS) is 25.9. The Bertz CT molecular complexity index is 190. The van der Waals surface area contributed by atoms with Gasteiger partial charge in [-0.1, -0.05) is 13.8 Å². The van der Waals surface area contributed by atoms with Crippen LogP contribution in [0.4, 0.5) is 0 Å². The molecule has 0 aliphatic carbocycles.